The van der Waals surface area contributed by atoms with E-state index in [4.69, 9.17) is 4.74 Å². The number of hydrogen-bond acceptors (Lipinski definition) is 3. The van der Waals surface area contributed by atoms with Gasteiger partial charge in [-0.15, -0.1) is 0 Å². The lowest BCUT2D eigenvalue weighted by Gasteiger charge is -2.16. The molecular weight excluding hydrogens is 176 g/mol. The highest BCUT2D eigenvalue weighted by molar-refractivity contribution is 5.17. The second-order valence-electron chi connectivity index (χ2n) is 3.99. The first kappa shape index (κ1) is 9.46. The van der Waals surface area contributed by atoms with Crippen LogP contribution in [0.5, 0.6) is 5.75 Å². The Morgan fingerprint density at radius 2 is 2.50 bits per heavy atom. The third-order valence-corrected chi connectivity index (χ3v) is 3.08. The largest absolute Gasteiger partial charge is 0.490 e. The van der Waals surface area contributed by atoms with Gasteiger partial charge >= 0.3 is 0 Å². The highest BCUT2D eigenvalue weighted by Crippen LogP contribution is 2.42. The average Bonchev–Trinajstić information content (AvgIpc) is 2.89. The van der Waals surface area contributed by atoms with Crippen molar-refractivity contribution in [1.82, 2.24) is 10.3 Å². The minimum absolute atomic E-state index is 0.204. The first-order valence-electron chi connectivity index (χ1n) is 4.98. The van der Waals surface area contributed by atoms with Crippen LogP contribution in [-0.2, 0) is 0 Å². The van der Waals surface area contributed by atoms with Crippen molar-refractivity contribution in [3.05, 3.63) is 24.5 Å². The lowest BCUT2D eigenvalue weighted by Crippen LogP contribution is -2.36. The molecule has 3 nitrogen and oxygen atoms in total. The van der Waals surface area contributed by atoms with Gasteiger partial charge in [0.05, 0.1) is 11.7 Å². The second kappa shape index (κ2) is 3.58. The van der Waals surface area contributed by atoms with E-state index in [1.807, 2.05) is 19.2 Å². The van der Waals surface area contributed by atoms with Crippen molar-refractivity contribution in [2.45, 2.75) is 18.9 Å². The molecule has 1 aromatic rings. The quantitative estimate of drug-likeness (QED) is 0.784. The van der Waals surface area contributed by atoms with Crippen LogP contribution in [0.4, 0.5) is 0 Å². The minimum Gasteiger partial charge on any atom is -0.490 e. The van der Waals surface area contributed by atoms with Crippen molar-refractivity contribution >= 4 is 0 Å². The molecule has 0 saturated heterocycles. The Balaban J connectivity index is 1.89. The summed E-state index contributed by atoms with van der Waals surface area (Å²) in [7, 11) is 2.00. The Bertz CT molecular complexity index is 297. The molecule has 0 amide bonds. The molecule has 1 heterocycles. The lowest BCUT2D eigenvalue weighted by molar-refractivity contribution is 0.249. The summed E-state index contributed by atoms with van der Waals surface area (Å²) in [5, 5.41) is 3.33. The van der Waals surface area contributed by atoms with Crippen LogP contribution < -0.4 is 10.1 Å². The average molecular weight is 192 g/mol. The molecular formula is C11H16N2O. The highest BCUT2D eigenvalue weighted by atomic mass is 16.5. The normalized spacial score (nSPS) is 30.0. The van der Waals surface area contributed by atoms with E-state index >= 15 is 0 Å². The summed E-state index contributed by atoms with van der Waals surface area (Å²) < 4.78 is 5.67. The Labute approximate surface area is 84.5 Å². The summed E-state index contributed by atoms with van der Waals surface area (Å²) in [4.78, 5) is 4.01. The van der Waals surface area contributed by atoms with E-state index in [2.05, 4.69) is 17.2 Å². The van der Waals surface area contributed by atoms with Gasteiger partial charge in [-0.05, 0) is 31.5 Å². The van der Waals surface area contributed by atoms with Gasteiger partial charge in [-0.2, -0.15) is 0 Å². The molecule has 0 radical (unpaired) electrons. The van der Waals surface area contributed by atoms with E-state index in [0.29, 0.717) is 5.92 Å². The molecule has 1 N–H and O–H groups in total. The molecule has 2 atom stereocenters. The zero-order chi connectivity index (χ0) is 10.0. The molecule has 76 valence electrons. The summed E-state index contributed by atoms with van der Waals surface area (Å²) in [6.45, 7) is 2.97. The van der Waals surface area contributed by atoms with Crippen molar-refractivity contribution < 1.29 is 4.74 Å². The molecule has 0 unspecified atom stereocenters. The number of nitrogens with one attached hydrogen (secondary N) is 1. The van der Waals surface area contributed by atoms with E-state index in [0.717, 1.165) is 12.4 Å². The van der Waals surface area contributed by atoms with Gasteiger partial charge in [-0.3, -0.25) is 4.98 Å². The maximum atomic E-state index is 5.67. The van der Waals surface area contributed by atoms with Crippen molar-refractivity contribution in [2.75, 3.05) is 13.7 Å². The SMILES string of the molecule is CN[C@@]1(COc2cccnc2)C[C@@H]1C. The smallest absolute Gasteiger partial charge is 0.137 e. The van der Waals surface area contributed by atoms with E-state index in [-0.39, 0.29) is 5.54 Å². The van der Waals surface area contributed by atoms with Gasteiger partial charge in [-0.25, -0.2) is 0 Å². The van der Waals surface area contributed by atoms with Crippen molar-refractivity contribution in [2.24, 2.45) is 5.92 Å². The number of nitrogens with zero attached hydrogens (tertiary/aromatic N) is 1. The molecule has 0 spiro atoms. The molecule has 1 aromatic heterocycles. The van der Waals surface area contributed by atoms with Gasteiger partial charge < -0.3 is 10.1 Å². The minimum atomic E-state index is 0.204. The van der Waals surface area contributed by atoms with Crippen molar-refractivity contribution in [3.8, 4) is 5.75 Å². The molecule has 0 aliphatic heterocycles. The van der Waals surface area contributed by atoms with Gasteiger partial charge in [0.1, 0.15) is 12.4 Å². The highest BCUT2D eigenvalue weighted by Gasteiger charge is 2.50. The monoisotopic (exact) mass is 192 g/mol. The van der Waals surface area contributed by atoms with Crippen LogP contribution in [0.1, 0.15) is 13.3 Å². The fourth-order valence-corrected chi connectivity index (χ4v) is 1.75. The number of hydrogen-bond donors (Lipinski definition) is 1. The first-order valence-corrected chi connectivity index (χ1v) is 4.98. The van der Waals surface area contributed by atoms with E-state index < -0.39 is 0 Å². The standard InChI is InChI=1S/C11H16N2O/c1-9-6-11(9,12-2)8-14-10-4-3-5-13-7-10/h3-5,7,9,12H,6,8H2,1-2H3/t9-,11+/m0/s1. The fraction of sp³-hybridized carbons (Fsp3) is 0.545. The van der Waals surface area contributed by atoms with Gasteiger partial charge in [0.15, 0.2) is 0 Å². The van der Waals surface area contributed by atoms with Crippen molar-refractivity contribution in [3.63, 3.8) is 0 Å². The van der Waals surface area contributed by atoms with Crippen molar-refractivity contribution in [1.29, 1.82) is 0 Å². The Morgan fingerprint density at radius 3 is 3.00 bits per heavy atom. The Hall–Kier alpha value is -1.09. The van der Waals surface area contributed by atoms with E-state index in [9.17, 15) is 0 Å². The summed E-state index contributed by atoms with van der Waals surface area (Å²) in [6.07, 6.45) is 4.70. The molecule has 14 heavy (non-hydrogen) atoms. The first-order chi connectivity index (χ1) is 6.77. The second-order valence-corrected chi connectivity index (χ2v) is 3.99. The number of aromatic nitrogens is 1. The molecule has 0 bridgehead atoms. The molecule has 1 aliphatic carbocycles. The van der Waals surface area contributed by atoms with E-state index in [1.54, 1.807) is 12.4 Å². The third kappa shape index (κ3) is 1.73. The fourth-order valence-electron chi connectivity index (χ4n) is 1.75. The van der Waals surface area contributed by atoms with Gasteiger partial charge in [0.2, 0.25) is 0 Å². The van der Waals surface area contributed by atoms with Crippen LogP contribution in [-0.4, -0.2) is 24.2 Å². The maximum absolute atomic E-state index is 5.67. The zero-order valence-electron chi connectivity index (χ0n) is 8.66. The Morgan fingerprint density at radius 1 is 1.71 bits per heavy atom. The van der Waals surface area contributed by atoms with Crippen LogP contribution in [0.25, 0.3) is 0 Å². The van der Waals surface area contributed by atoms with Crippen LogP contribution in [0, 0.1) is 5.92 Å². The van der Waals surface area contributed by atoms with Crippen LogP contribution in [0.15, 0.2) is 24.5 Å². The van der Waals surface area contributed by atoms with E-state index in [1.165, 1.54) is 6.42 Å². The molecule has 1 saturated carbocycles. The van der Waals surface area contributed by atoms with Crippen LogP contribution in [0.3, 0.4) is 0 Å². The molecule has 0 aromatic carbocycles. The number of rotatable bonds is 4. The molecule has 1 aliphatic rings. The van der Waals surface area contributed by atoms with Gasteiger partial charge in [-0.1, -0.05) is 6.92 Å². The van der Waals surface area contributed by atoms with Gasteiger partial charge in [0, 0.05) is 6.20 Å². The summed E-state index contributed by atoms with van der Waals surface area (Å²) in [5.41, 5.74) is 0.204. The predicted molar refractivity (Wildman–Crippen MR) is 55.3 cm³/mol. The maximum Gasteiger partial charge on any atom is 0.137 e. The number of pyridine rings is 1. The number of ether oxygens (including phenoxy) is 1. The van der Waals surface area contributed by atoms with Crippen LogP contribution in [0.2, 0.25) is 0 Å². The zero-order valence-corrected chi connectivity index (χ0v) is 8.66. The summed E-state index contributed by atoms with van der Waals surface area (Å²) >= 11 is 0. The molecule has 1 fully saturated rings. The molecule has 2 rings (SSSR count). The summed E-state index contributed by atoms with van der Waals surface area (Å²) in [5.74, 6) is 1.56. The number of likely N-dealkylation sites (N-methyl/N-ethyl adjacent to an activating group) is 1. The Kier molecular flexibility index (Phi) is 2.42. The van der Waals surface area contributed by atoms with Gasteiger partial charge in [0.25, 0.3) is 0 Å². The summed E-state index contributed by atoms with van der Waals surface area (Å²) in [6, 6.07) is 3.82. The predicted octanol–water partition coefficient (Wildman–Crippen LogP) is 1.46. The molecule has 3 heteroatoms. The van der Waals surface area contributed by atoms with Crippen LogP contribution >= 0.6 is 0 Å². The lowest BCUT2D eigenvalue weighted by atomic mass is 10.2. The third-order valence-electron chi connectivity index (χ3n) is 3.08. The topological polar surface area (TPSA) is 34.1 Å².